The van der Waals surface area contributed by atoms with Crippen molar-refractivity contribution in [3.8, 4) is 5.75 Å². The first kappa shape index (κ1) is 13.6. The number of phenols is 1. The van der Waals surface area contributed by atoms with Crippen LogP contribution in [0, 0.1) is 6.92 Å². The SMILES string of the molecule is Cc1ccc(C2=NC(=O)C(=Cc3cccc(O)c3)S2)cc1. The monoisotopic (exact) mass is 295 g/mol. The largest absolute Gasteiger partial charge is 0.508 e. The Kier molecular flexibility index (Phi) is 3.62. The Hall–Kier alpha value is -2.33. The Morgan fingerprint density at radius 3 is 2.62 bits per heavy atom. The Morgan fingerprint density at radius 1 is 1.14 bits per heavy atom. The lowest BCUT2D eigenvalue weighted by molar-refractivity contribution is -0.113. The summed E-state index contributed by atoms with van der Waals surface area (Å²) < 4.78 is 0. The molecule has 0 bridgehead atoms. The fraction of sp³-hybridized carbons (Fsp3) is 0.0588. The van der Waals surface area contributed by atoms with Gasteiger partial charge in [-0.15, -0.1) is 0 Å². The molecule has 3 rings (SSSR count). The van der Waals surface area contributed by atoms with Crippen molar-refractivity contribution in [1.82, 2.24) is 0 Å². The van der Waals surface area contributed by atoms with E-state index in [0.29, 0.717) is 9.95 Å². The summed E-state index contributed by atoms with van der Waals surface area (Å²) in [5, 5.41) is 10.2. The number of benzene rings is 2. The van der Waals surface area contributed by atoms with Crippen LogP contribution >= 0.6 is 11.8 Å². The summed E-state index contributed by atoms with van der Waals surface area (Å²) in [4.78, 5) is 16.6. The standard InChI is InChI=1S/C17H13NO2S/c1-11-5-7-13(8-6-11)17-18-16(20)15(21-17)10-12-3-2-4-14(19)9-12/h2-10,19H,1H3. The summed E-state index contributed by atoms with van der Waals surface area (Å²) in [6.45, 7) is 2.02. The van der Waals surface area contributed by atoms with Crippen LogP contribution in [0.4, 0.5) is 0 Å². The first-order chi connectivity index (χ1) is 10.1. The van der Waals surface area contributed by atoms with E-state index >= 15 is 0 Å². The van der Waals surface area contributed by atoms with Crippen molar-refractivity contribution in [1.29, 1.82) is 0 Å². The number of aryl methyl sites for hydroxylation is 1. The average Bonchev–Trinajstić information content (AvgIpc) is 2.81. The van der Waals surface area contributed by atoms with E-state index in [0.717, 1.165) is 11.1 Å². The Morgan fingerprint density at radius 2 is 1.90 bits per heavy atom. The van der Waals surface area contributed by atoms with Gasteiger partial charge in [-0.2, -0.15) is 0 Å². The molecule has 2 aromatic rings. The third kappa shape index (κ3) is 3.06. The molecular formula is C17H13NO2S. The molecule has 1 aliphatic rings. The molecule has 4 heteroatoms. The number of carbonyl (C=O) groups is 1. The minimum Gasteiger partial charge on any atom is -0.508 e. The second-order valence-electron chi connectivity index (χ2n) is 4.79. The molecule has 0 aromatic heterocycles. The van der Waals surface area contributed by atoms with Crippen molar-refractivity contribution >= 4 is 28.8 Å². The number of nitrogens with zero attached hydrogens (tertiary/aromatic N) is 1. The number of amides is 1. The van der Waals surface area contributed by atoms with Crippen molar-refractivity contribution < 1.29 is 9.90 Å². The van der Waals surface area contributed by atoms with E-state index in [1.54, 1.807) is 24.3 Å². The molecule has 1 aliphatic heterocycles. The highest BCUT2D eigenvalue weighted by Crippen LogP contribution is 2.32. The Bertz CT molecular complexity index is 761. The normalized spacial score (nSPS) is 16.3. The first-order valence-electron chi connectivity index (χ1n) is 6.50. The minimum absolute atomic E-state index is 0.180. The lowest BCUT2D eigenvalue weighted by Crippen LogP contribution is -1.90. The molecule has 0 aliphatic carbocycles. The third-order valence-electron chi connectivity index (χ3n) is 3.09. The smallest absolute Gasteiger partial charge is 0.284 e. The second kappa shape index (κ2) is 5.58. The van der Waals surface area contributed by atoms with Gasteiger partial charge in [0, 0.05) is 5.56 Å². The van der Waals surface area contributed by atoms with Crippen LogP contribution in [-0.4, -0.2) is 16.1 Å². The Balaban J connectivity index is 1.86. The van der Waals surface area contributed by atoms with Crippen molar-refractivity contribution in [2.24, 2.45) is 4.99 Å². The van der Waals surface area contributed by atoms with Gasteiger partial charge >= 0.3 is 0 Å². The highest BCUT2D eigenvalue weighted by molar-refractivity contribution is 8.19. The predicted molar refractivity (Wildman–Crippen MR) is 86.4 cm³/mol. The van der Waals surface area contributed by atoms with Gasteiger partial charge in [0.1, 0.15) is 10.8 Å². The number of hydrogen-bond acceptors (Lipinski definition) is 3. The average molecular weight is 295 g/mol. The summed E-state index contributed by atoms with van der Waals surface area (Å²) >= 11 is 1.36. The molecule has 21 heavy (non-hydrogen) atoms. The van der Waals surface area contributed by atoms with Gasteiger partial charge in [-0.05, 0) is 30.7 Å². The van der Waals surface area contributed by atoms with E-state index in [2.05, 4.69) is 4.99 Å². The number of rotatable bonds is 2. The van der Waals surface area contributed by atoms with Crippen LogP contribution in [0.15, 0.2) is 58.4 Å². The minimum atomic E-state index is -0.237. The quantitative estimate of drug-likeness (QED) is 0.858. The number of hydrogen-bond donors (Lipinski definition) is 1. The maximum atomic E-state index is 12.0. The molecule has 104 valence electrons. The van der Waals surface area contributed by atoms with Gasteiger partial charge in [-0.1, -0.05) is 53.7 Å². The molecule has 0 saturated heterocycles. The van der Waals surface area contributed by atoms with Crippen LogP contribution in [-0.2, 0) is 4.79 Å². The van der Waals surface area contributed by atoms with E-state index in [9.17, 15) is 9.90 Å². The molecule has 1 N–H and O–H groups in total. The molecule has 0 spiro atoms. The molecule has 0 fully saturated rings. The topological polar surface area (TPSA) is 49.7 Å². The number of carbonyl (C=O) groups excluding carboxylic acids is 1. The van der Waals surface area contributed by atoms with Gasteiger partial charge < -0.3 is 5.11 Å². The van der Waals surface area contributed by atoms with Crippen molar-refractivity contribution in [2.75, 3.05) is 0 Å². The lowest BCUT2D eigenvalue weighted by Gasteiger charge is -2.00. The van der Waals surface area contributed by atoms with Crippen molar-refractivity contribution in [3.63, 3.8) is 0 Å². The van der Waals surface area contributed by atoms with Crippen molar-refractivity contribution in [3.05, 3.63) is 70.1 Å². The molecule has 1 heterocycles. The fourth-order valence-electron chi connectivity index (χ4n) is 1.99. The van der Waals surface area contributed by atoms with Crippen molar-refractivity contribution in [2.45, 2.75) is 6.92 Å². The van der Waals surface area contributed by atoms with Gasteiger partial charge in [-0.3, -0.25) is 4.79 Å². The molecule has 0 atom stereocenters. The van der Waals surface area contributed by atoms with Gasteiger partial charge in [0.25, 0.3) is 5.91 Å². The summed E-state index contributed by atoms with van der Waals surface area (Å²) in [6.07, 6.45) is 1.75. The van der Waals surface area contributed by atoms with Gasteiger partial charge in [0.2, 0.25) is 0 Å². The molecule has 1 amide bonds. The summed E-state index contributed by atoms with van der Waals surface area (Å²) in [5.41, 5.74) is 2.90. The van der Waals surface area contributed by atoms with Crippen LogP contribution in [0.5, 0.6) is 5.75 Å². The molecule has 0 unspecified atom stereocenters. The number of phenolic OH excluding ortho intramolecular Hbond substituents is 1. The van der Waals surface area contributed by atoms with E-state index in [-0.39, 0.29) is 11.7 Å². The van der Waals surface area contributed by atoms with Gasteiger partial charge in [0.05, 0.1) is 4.91 Å². The third-order valence-corrected chi connectivity index (χ3v) is 4.12. The van der Waals surface area contributed by atoms with Crippen LogP contribution in [0.25, 0.3) is 6.08 Å². The summed E-state index contributed by atoms with van der Waals surface area (Å²) in [7, 11) is 0. The van der Waals surface area contributed by atoms with Gasteiger partial charge in [0.15, 0.2) is 0 Å². The Labute approximate surface area is 127 Å². The molecule has 0 saturated carbocycles. The van der Waals surface area contributed by atoms with Crippen LogP contribution in [0.2, 0.25) is 0 Å². The number of thioether (sulfide) groups is 1. The fourth-order valence-corrected chi connectivity index (χ4v) is 2.91. The lowest BCUT2D eigenvalue weighted by atomic mass is 10.2. The zero-order chi connectivity index (χ0) is 14.8. The van der Waals surface area contributed by atoms with E-state index < -0.39 is 0 Å². The number of aliphatic imine (C=N–C) groups is 1. The zero-order valence-corrected chi connectivity index (χ0v) is 12.2. The molecule has 2 aromatic carbocycles. The van der Waals surface area contributed by atoms with E-state index in [1.807, 2.05) is 37.3 Å². The first-order valence-corrected chi connectivity index (χ1v) is 7.32. The molecule has 3 nitrogen and oxygen atoms in total. The highest BCUT2D eigenvalue weighted by atomic mass is 32.2. The van der Waals surface area contributed by atoms with Crippen LogP contribution in [0.3, 0.4) is 0 Å². The van der Waals surface area contributed by atoms with Gasteiger partial charge in [-0.25, -0.2) is 4.99 Å². The van der Waals surface area contributed by atoms with Crippen LogP contribution < -0.4 is 0 Å². The molecular weight excluding hydrogens is 282 g/mol. The maximum absolute atomic E-state index is 12.0. The van der Waals surface area contributed by atoms with E-state index in [1.165, 1.54) is 17.3 Å². The number of aromatic hydroxyl groups is 1. The summed E-state index contributed by atoms with van der Waals surface area (Å²) in [5.74, 6) is -0.0570. The van der Waals surface area contributed by atoms with E-state index in [4.69, 9.17) is 0 Å². The predicted octanol–water partition coefficient (Wildman–Crippen LogP) is 3.76. The molecule has 0 radical (unpaired) electrons. The second-order valence-corrected chi connectivity index (χ2v) is 5.82. The highest BCUT2D eigenvalue weighted by Gasteiger charge is 2.22. The zero-order valence-electron chi connectivity index (χ0n) is 11.4. The maximum Gasteiger partial charge on any atom is 0.284 e. The van der Waals surface area contributed by atoms with Crippen LogP contribution in [0.1, 0.15) is 16.7 Å². The summed E-state index contributed by atoms with van der Waals surface area (Å²) in [6, 6.07) is 14.7.